The van der Waals surface area contributed by atoms with E-state index in [0.29, 0.717) is 40.2 Å². The Morgan fingerprint density at radius 1 is 1.11 bits per heavy atom. The van der Waals surface area contributed by atoms with Crippen LogP contribution in [-0.2, 0) is 12.7 Å². The molecule has 0 amide bonds. The zero-order valence-corrected chi connectivity index (χ0v) is 20.6. The average molecular weight is 478 g/mol. The molecule has 1 aromatic carbocycles. The van der Waals surface area contributed by atoms with Crippen molar-refractivity contribution in [3.63, 3.8) is 0 Å². The molecule has 0 saturated carbocycles. The van der Waals surface area contributed by atoms with Gasteiger partial charge in [-0.2, -0.15) is 0 Å². The van der Waals surface area contributed by atoms with Crippen LogP contribution < -0.4 is 10.4 Å². The number of rotatable bonds is 7. The maximum Gasteiger partial charge on any atom is 0.326 e. The predicted molar refractivity (Wildman–Crippen MR) is 137 cm³/mol. The minimum Gasteiger partial charge on any atom is -0.478 e. The van der Waals surface area contributed by atoms with E-state index < -0.39 is 5.67 Å². The first-order valence-electron chi connectivity index (χ1n) is 12.3. The molecular weight excluding hydrogens is 445 g/mol. The summed E-state index contributed by atoms with van der Waals surface area (Å²) >= 11 is 0. The first kappa shape index (κ1) is 23.5. The number of ether oxygens (including phenoxy) is 1. The van der Waals surface area contributed by atoms with E-state index in [2.05, 4.69) is 19.9 Å². The molecule has 7 nitrogen and oxygen atoms in total. The van der Waals surface area contributed by atoms with Crippen molar-refractivity contribution in [3.05, 3.63) is 52.7 Å². The van der Waals surface area contributed by atoms with E-state index in [9.17, 15) is 4.79 Å². The monoisotopic (exact) mass is 477 g/mol. The predicted octanol–water partition coefficient (Wildman–Crippen LogP) is 4.94. The molecule has 1 N–H and O–H groups in total. The number of pyridine rings is 2. The third-order valence-electron chi connectivity index (χ3n) is 6.89. The molecule has 0 atom stereocenters. The number of hydrogen-bond acceptors (Lipinski definition) is 5. The molecule has 1 saturated heterocycles. The summed E-state index contributed by atoms with van der Waals surface area (Å²) in [5.74, 6) is 0.561. The maximum atomic E-state index is 15.3. The molecule has 8 heteroatoms. The Morgan fingerprint density at radius 2 is 1.91 bits per heavy atom. The van der Waals surface area contributed by atoms with Crippen LogP contribution in [-0.4, -0.2) is 50.7 Å². The van der Waals surface area contributed by atoms with E-state index in [0.717, 1.165) is 23.9 Å². The van der Waals surface area contributed by atoms with Crippen molar-refractivity contribution in [2.24, 2.45) is 7.05 Å². The van der Waals surface area contributed by atoms with Crippen LogP contribution in [0.1, 0.15) is 45.1 Å². The van der Waals surface area contributed by atoms with Gasteiger partial charge in [0.25, 0.3) is 0 Å². The fourth-order valence-electron chi connectivity index (χ4n) is 4.92. The van der Waals surface area contributed by atoms with E-state index in [4.69, 9.17) is 4.74 Å². The Hall–Kier alpha value is -3.26. The topological polar surface area (TPSA) is 76.0 Å². The number of aromatic nitrogens is 4. The van der Waals surface area contributed by atoms with Crippen molar-refractivity contribution < 1.29 is 9.13 Å². The SMILES string of the molecule is Cn1c(=O)[nH]c2c3cc(-c4ccc(OCCCN5CCCCC5)nc4)c(C(C)(C)F)cc3ncc21. The van der Waals surface area contributed by atoms with Gasteiger partial charge in [-0.1, -0.05) is 6.42 Å². The van der Waals surface area contributed by atoms with Crippen molar-refractivity contribution in [1.29, 1.82) is 0 Å². The standard InChI is InChI=1S/C27H32FN5O2/c1-27(2,28)21-15-22-20(25-23(17-29-22)32(3)26(34)31-25)14-19(21)18-8-9-24(30-16-18)35-13-7-12-33-10-5-4-6-11-33/h8-9,14-17H,4-7,10-13H2,1-3H3,(H,31,34). The third kappa shape index (κ3) is 4.80. The second-order valence-electron chi connectivity index (χ2n) is 9.88. The highest BCUT2D eigenvalue weighted by molar-refractivity contribution is 6.04. The minimum absolute atomic E-state index is 0.214. The fraction of sp³-hybridized carbons (Fsp3) is 0.444. The smallest absolute Gasteiger partial charge is 0.326 e. The quantitative estimate of drug-likeness (QED) is 0.382. The van der Waals surface area contributed by atoms with Crippen molar-refractivity contribution in [1.82, 2.24) is 24.4 Å². The number of fused-ring (bicyclic) bond motifs is 3. The number of benzene rings is 1. The molecule has 1 aliphatic heterocycles. The fourth-order valence-corrected chi connectivity index (χ4v) is 4.92. The van der Waals surface area contributed by atoms with Crippen molar-refractivity contribution in [2.45, 2.75) is 45.2 Å². The zero-order chi connectivity index (χ0) is 24.6. The van der Waals surface area contributed by atoms with Crippen LogP contribution in [0.2, 0.25) is 0 Å². The molecule has 0 bridgehead atoms. The van der Waals surface area contributed by atoms with Gasteiger partial charge in [-0.3, -0.25) is 9.55 Å². The summed E-state index contributed by atoms with van der Waals surface area (Å²) in [7, 11) is 1.70. The maximum absolute atomic E-state index is 15.3. The molecule has 184 valence electrons. The van der Waals surface area contributed by atoms with Gasteiger partial charge in [0.1, 0.15) is 5.67 Å². The summed E-state index contributed by atoms with van der Waals surface area (Å²) in [5, 5.41) is 0.765. The Balaban J connectivity index is 1.42. The van der Waals surface area contributed by atoms with Gasteiger partial charge in [0, 0.05) is 36.8 Å². The van der Waals surface area contributed by atoms with E-state index in [1.54, 1.807) is 25.5 Å². The van der Waals surface area contributed by atoms with E-state index in [-0.39, 0.29) is 5.69 Å². The third-order valence-corrected chi connectivity index (χ3v) is 6.89. The first-order valence-corrected chi connectivity index (χ1v) is 12.3. The van der Waals surface area contributed by atoms with Gasteiger partial charge in [0.2, 0.25) is 5.88 Å². The van der Waals surface area contributed by atoms with Crippen LogP contribution in [0.15, 0.2) is 41.5 Å². The lowest BCUT2D eigenvalue weighted by Crippen LogP contribution is -2.31. The highest BCUT2D eigenvalue weighted by atomic mass is 19.1. The van der Waals surface area contributed by atoms with Gasteiger partial charge in [-0.05, 0) is 75.5 Å². The summed E-state index contributed by atoms with van der Waals surface area (Å²) < 4.78 is 22.7. The number of nitrogens with zero attached hydrogens (tertiary/aromatic N) is 4. The summed E-state index contributed by atoms with van der Waals surface area (Å²) in [4.78, 5) is 26.6. The number of aromatic amines is 1. The van der Waals surface area contributed by atoms with Crippen LogP contribution in [0.25, 0.3) is 33.1 Å². The van der Waals surface area contributed by atoms with E-state index >= 15 is 4.39 Å². The summed E-state index contributed by atoms with van der Waals surface area (Å²) in [6, 6.07) is 7.40. The lowest BCUT2D eigenvalue weighted by Gasteiger charge is -2.26. The van der Waals surface area contributed by atoms with Crippen LogP contribution in [0, 0.1) is 0 Å². The van der Waals surface area contributed by atoms with Crippen molar-refractivity contribution >= 4 is 21.9 Å². The van der Waals surface area contributed by atoms with E-state index in [1.165, 1.54) is 50.8 Å². The number of imidazole rings is 1. The highest BCUT2D eigenvalue weighted by Gasteiger charge is 2.25. The number of H-pyrrole nitrogens is 1. The normalized spacial score (nSPS) is 15.2. The number of alkyl halides is 1. The average Bonchev–Trinajstić information content (AvgIpc) is 3.15. The second kappa shape index (κ2) is 9.41. The number of likely N-dealkylation sites (tertiary alicyclic amines) is 1. The molecule has 1 fully saturated rings. The molecule has 4 heterocycles. The van der Waals surface area contributed by atoms with E-state index in [1.807, 2.05) is 18.2 Å². The van der Waals surface area contributed by atoms with Gasteiger partial charge in [-0.15, -0.1) is 0 Å². The Morgan fingerprint density at radius 3 is 2.63 bits per heavy atom. The number of piperidine rings is 1. The Labute approximate surface area is 204 Å². The van der Waals surface area contributed by atoms with Crippen LogP contribution in [0.4, 0.5) is 4.39 Å². The van der Waals surface area contributed by atoms with Crippen molar-refractivity contribution in [2.75, 3.05) is 26.2 Å². The van der Waals surface area contributed by atoms with Gasteiger partial charge >= 0.3 is 5.69 Å². The molecule has 35 heavy (non-hydrogen) atoms. The van der Waals surface area contributed by atoms with Crippen LogP contribution in [0.3, 0.4) is 0 Å². The molecule has 0 aliphatic carbocycles. The molecule has 0 radical (unpaired) electrons. The van der Waals surface area contributed by atoms with Gasteiger partial charge in [-0.25, -0.2) is 14.2 Å². The lowest BCUT2D eigenvalue weighted by atomic mass is 9.89. The van der Waals surface area contributed by atoms with Crippen LogP contribution >= 0.6 is 0 Å². The molecule has 1 aliphatic rings. The number of aryl methyl sites for hydroxylation is 1. The largest absolute Gasteiger partial charge is 0.478 e. The highest BCUT2D eigenvalue weighted by Crippen LogP contribution is 2.38. The number of halogens is 1. The minimum atomic E-state index is -1.59. The molecular formula is C27H32FN5O2. The first-order chi connectivity index (χ1) is 16.8. The molecule has 0 unspecified atom stereocenters. The van der Waals surface area contributed by atoms with Gasteiger partial charge in [0.15, 0.2) is 0 Å². The van der Waals surface area contributed by atoms with Crippen molar-refractivity contribution in [3.8, 4) is 17.0 Å². The number of hydrogen-bond donors (Lipinski definition) is 1. The second-order valence-corrected chi connectivity index (χ2v) is 9.88. The number of nitrogens with one attached hydrogen (secondary N) is 1. The molecule has 3 aromatic heterocycles. The lowest BCUT2D eigenvalue weighted by molar-refractivity contribution is 0.203. The van der Waals surface area contributed by atoms with Crippen LogP contribution in [0.5, 0.6) is 5.88 Å². The Kier molecular flexibility index (Phi) is 6.32. The van der Waals surface area contributed by atoms with Gasteiger partial charge < -0.3 is 14.6 Å². The Bertz CT molecular complexity index is 1400. The molecule has 5 rings (SSSR count). The molecule has 4 aromatic rings. The van der Waals surface area contributed by atoms with Gasteiger partial charge in [0.05, 0.1) is 29.4 Å². The molecule has 0 spiro atoms. The summed E-state index contributed by atoms with van der Waals surface area (Å²) in [6.45, 7) is 7.11. The summed E-state index contributed by atoms with van der Waals surface area (Å²) in [5.41, 5.74) is 2.23. The summed E-state index contributed by atoms with van der Waals surface area (Å²) in [6.07, 6.45) is 8.25. The zero-order valence-electron chi connectivity index (χ0n) is 20.6.